The van der Waals surface area contributed by atoms with Crippen molar-refractivity contribution in [3.8, 4) is 5.75 Å². The van der Waals surface area contributed by atoms with Gasteiger partial charge in [0.25, 0.3) is 0 Å². The number of ether oxygens (including phenoxy) is 2. The molecule has 116 valence electrons. The summed E-state index contributed by atoms with van der Waals surface area (Å²) in [6.07, 6.45) is 3.93. The molecule has 5 heteroatoms. The predicted molar refractivity (Wildman–Crippen MR) is 79.5 cm³/mol. The second kappa shape index (κ2) is 8.00. The third-order valence-electron chi connectivity index (χ3n) is 3.53. The van der Waals surface area contributed by atoms with Crippen molar-refractivity contribution < 1.29 is 19.4 Å². The Bertz CT molecular complexity index is 440. The van der Waals surface area contributed by atoms with E-state index in [0.29, 0.717) is 11.9 Å². The lowest BCUT2D eigenvalue weighted by Crippen LogP contribution is -2.33. The molecular weight excluding hydrogens is 270 g/mol. The van der Waals surface area contributed by atoms with E-state index in [0.717, 1.165) is 26.1 Å². The van der Waals surface area contributed by atoms with Gasteiger partial charge >= 0.3 is 5.97 Å². The van der Waals surface area contributed by atoms with E-state index in [1.807, 2.05) is 24.3 Å². The first kappa shape index (κ1) is 15.8. The lowest BCUT2D eigenvalue weighted by Gasteiger charge is -2.27. The predicted octanol–water partition coefficient (Wildman–Crippen LogP) is 2.15. The fraction of sp³-hybridized carbons (Fsp3) is 0.562. The van der Waals surface area contributed by atoms with Gasteiger partial charge in [0.2, 0.25) is 0 Å². The molecule has 5 nitrogen and oxygen atoms in total. The molecule has 0 bridgehead atoms. The van der Waals surface area contributed by atoms with Crippen molar-refractivity contribution in [2.45, 2.75) is 31.9 Å². The SMILES string of the molecule is CN(Cc1ccc(OCC(=O)O)cc1)C[C@@H]1CCCCO1. The van der Waals surface area contributed by atoms with Crippen LogP contribution < -0.4 is 4.74 Å². The van der Waals surface area contributed by atoms with Gasteiger partial charge in [-0.1, -0.05) is 12.1 Å². The standard InChI is InChI=1S/C16H23NO4/c1-17(11-15-4-2-3-9-20-15)10-13-5-7-14(8-6-13)21-12-16(18)19/h5-8,15H,2-4,9-12H2,1H3,(H,18,19)/t15-/m0/s1. The number of likely N-dealkylation sites (N-methyl/N-ethyl adjacent to an activating group) is 1. The minimum absolute atomic E-state index is 0.307. The van der Waals surface area contributed by atoms with Gasteiger partial charge < -0.3 is 14.6 Å². The fourth-order valence-electron chi connectivity index (χ4n) is 2.51. The monoisotopic (exact) mass is 293 g/mol. The average Bonchev–Trinajstić information content (AvgIpc) is 2.47. The molecule has 1 aromatic carbocycles. The van der Waals surface area contributed by atoms with Gasteiger partial charge in [-0.3, -0.25) is 4.90 Å². The molecule has 0 spiro atoms. The highest BCUT2D eigenvalue weighted by atomic mass is 16.5. The molecule has 0 radical (unpaired) electrons. The first-order valence-electron chi connectivity index (χ1n) is 7.37. The molecule has 1 N–H and O–H groups in total. The van der Waals surface area contributed by atoms with Crippen LogP contribution in [0.25, 0.3) is 0 Å². The molecular formula is C16H23NO4. The number of nitrogens with zero attached hydrogens (tertiary/aromatic N) is 1. The van der Waals surface area contributed by atoms with E-state index in [-0.39, 0.29) is 6.61 Å². The maximum Gasteiger partial charge on any atom is 0.341 e. The third kappa shape index (κ3) is 5.73. The van der Waals surface area contributed by atoms with Crippen molar-refractivity contribution in [1.29, 1.82) is 0 Å². The lowest BCUT2D eigenvalue weighted by atomic mass is 10.1. The van der Waals surface area contributed by atoms with Gasteiger partial charge in [-0.15, -0.1) is 0 Å². The van der Waals surface area contributed by atoms with Gasteiger partial charge in [-0.05, 0) is 44.0 Å². The van der Waals surface area contributed by atoms with E-state index in [1.54, 1.807) is 0 Å². The van der Waals surface area contributed by atoms with Gasteiger partial charge in [0.1, 0.15) is 5.75 Å². The van der Waals surface area contributed by atoms with Gasteiger partial charge in [-0.25, -0.2) is 4.79 Å². The highest BCUT2D eigenvalue weighted by molar-refractivity contribution is 5.68. The molecule has 1 heterocycles. The van der Waals surface area contributed by atoms with Crippen molar-refractivity contribution in [3.05, 3.63) is 29.8 Å². The van der Waals surface area contributed by atoms with Crippen LogP contribution in [0.15, 0.2) is 24.3 Å². The van der Waals surface area contributed by atoms with Gasteiger partial charge in [0, 0.05) is 19.7 Å². The molecule has 0 saturated carbocycles. The normalized spacial score (nSPS) is 18.7. The number of carbonyl (C=O) groups is 1. The summed E-state index contributed by atoms with van der Waals surface area (Å²) in [7, 11) is 2.09. The molecule has 1 saturated heterocycles. The van der Waals surface area contributed by atoms with E-state index in [4.69, 9.17) is 14.6 Å². The smallest absolute Gasteiger partial charge is 0.341 e. The quantitative estimate of drug-likeness (QED) is 0.834. The second-order valence-corrected chi connectivity index (χ2v) is 5.51. The highest BCUT2D eigenvalue weighted by Gasteiger charge is 2.15. The topological polar surface area (TPSA) is 59.0 Å². The van der Waals surface area contributed by atoms with E-state index >= 15 is 0 Å². The van der Waals surface area contributed by atoms with Crippen molar-refractivity contribution in [3.63, 3.8) is 0 Å². The summed E-state index contributed by atoms with van der Waals surface area (Å²) in [5.74, 6) is -0.384. The van der Waals surface area contributed by atoms with Gasteiger partial charge in [-0.2, -0.15) is 0 Å². The molecule has 0 aromatic heterocycles. The van der Waals surface area contributed by atoms with Gasteiger partial charge in [0.05, 0.1) is 6.10 Å². The van der Waals surface area contributed by atoms with Gasteiger partial charge in [0.15, 0.2) is 6.61 Å². The van der Waals surface area contributed by atoms with Crippen LogP contribution in [-0.4, -0.2) is 48.9 Å². The first-order valence-corrected chi connectivity index (χ1v) is 7.37. The average molecular weight is 293 g/mol. The molecule has 0 aliphatic carbocycles. The minimum Gasteiger partial charge on any atom is -0.482 e. The number of hydrogen-bond acceptors (Lipinski definition) is 4. The summed E-state index contributed by atoms with van der Waals surface area (Å²) >= 11 is 0. The van der Waals surface area contributed by atoms with Crippen LogP contribution in [-0.2, 0) is 16.1 Å². The molecule has 2 rings (SSSR count). The number of carboxylic acids is 1. The van der Waals surface area contributed by atoms with Crippen LogP contribution in [0.5, 0.6) is 5.75 Å². The zero-order valence-corrected chi connectivity index (χ0v) is 12.5. The summed E-state index contributed by atoms with van der Waals surface area (Å²) in [6.45, 7) is 2.36. The first-order chi connectivity index (χ1) is 10.1. The molecule has 21 heavy (non-hydrogen) atoms. The molecule has 1 atom stereocenters. The number of rotatable bonds is 7. The highest BCUT2D eigenvalue weighted by Crippen LogP contribution is 2.16. The Labute approximate surface area is 125 Å². The van der Waals surface area contributed by atoms with Crippen LogP contribution in [0.3, 0.4) is 0 Å². The summed E-state index contributed by atoms with van der Waals surface area (Å²) in [4.78, 5) is 12.7. The Morgan fingerprint density at radius 3 is 2.76 bits per heavy atom. The summed E-state index contributed by atoms with van der Waals surface area (Å²) < 4.78 is 10.9. The Kier molecular flexibility index (Phi) is 6.02. The molecule has 0 amide bonds. The number of aliphatic carboxylic acids is 1. The summed E-state index contributed by atoms with van der Waals surface area (Å²) in [5, 5.41) is 8.56. The number of hydrogen-bond donors (Lipinski definition) is 1. The Morgan fingerprint density at radius 2 is 2.14 bits per heavy atom. The Hall–Kier alpha value is -1.59. The van der Waals surface area contributed by atoms with E-state index < -0.39 is 5.97 Å². The lowest BCUT2D eigenvalue weighted by molar-refractivity contribution is -0.139. The molecule has 1 aromatic rings. The van der Waals surface area contributed by atoms with Crippen molar-refractivity contribution in [1.82, 2.24) is 4.90 Å². The fourth-order valence-corrected chi connectivity index (χ4v) is 2.51. The zero-order valence-electron chi connectivity index (χ0n) is 12.5. The van der Waals surface area contributed by atoms with E-state index in [1.165, 1.54) is 18.4 Å². The van der Waals surface area contributed by atoms with Crippen molar-refractivity contribution in [2.75, 3.05) is 26.8 Å². The van der Waals surface area contributed by atoms with Crippen LogP contribution >= 0.6 is 0 Å². The largest absolute Gasteiger partial charge is 0.482 e. The van der Waals surface area contributed by atoms with Crippen LogP contribution in [0.2, 0.25) is 0 Å². The second-order valence-electron chi connectivity index (χ2n) is 5.51. The van der Waals surface area contributed by atoms with Crippen molar-refractivity contribution in [2.24, 2.45) is 0 Å². The van der Waals surface area contributed by atoms with Crippen LogP contribution in [0, 0.1) is 0 Å². The summed E-state index contributed by atoms with van der Waals surface area (Å²) in [6, 6.07) is 7.55. The third-order valence-corrected chi connectivity index (χ3v) is 3.53. The maximum absolute atomic E-state index is 10.4. The zero-order chi connectivity index (χ0) is 15.1. The molecule has 1 aliphatic heterocycles. The van der Waals surface area contributed by atoms with Crippen LogP contribution in [0.4, 0.5) is 0 Å². The number of benzene rings is 1. The summed E-state index contributed by atoms with van der Waals surface area (Å²) in [5.41, 5.74) is 1.18. The molecule has 0 unspecified atom stereocenters. The van der Waals surface area contributed by atoms with Crippen molar-refractivity contribution >= 4 is 5.97 Å². The maximum atomic E-state index is 10.4. The Morgan fingerprint density at radius 1 is 1.38 bits per heavy atom. The number of carboxylic acid groups (broad SMARTS) is 1. The molecule has 1 fully saturated rings. The van der Waals surface area contributed by atoms with E-state index in [9.17, 15) is 4.79 Å². The van der Waals surface area contributed by atoms with E-state index in [2.05, 4.69) is 11.9 Å². The van der Waals surface area contributed by atoms with Crippen LogP contribution in [0.1, 0.15) is 24.8 Å². The molecule has 1 aliphatic rings. The Balaban J connectivity index is 1.77. The minimum atomic E-state index is -0.966.